The van der Waals surface area contributed by atoms with Gasteiger partial charge < -0.3 is 24.8 Å². The van der Waals surface area contributed by atoms with Crippen LogP contribution in [0.4, 0.5) is 4.79 Å². The van der Waals surface area contributed by atoms with Gasteiger partial charge in [-0.05, 0) is 41.5 Å². The number of hydrogen-bond acceptors (Lipinski definition) is 5. The number of ether oxygens (including phenoxy) is 2. The second-order valence-electron chi connectivity index (χ2n) is 9.77. The minimum Gasteiger partial charge on any atom is -0.481 e. The van der Waals surface area contributed by atoms with Crippen molar-refractivity contribution >= 4 is 18.0 Å². The number of carbonyl (C=O) groups excluding carboxylic acids is 2. The van der Waals surface area contributed by atoms with Gasteiger partial charge in [0.15, 0.2) is 0 Å². The van der Waals surface area contributed by atoms with Crippen LogP contribution in [0.1, 0.15) is 42.7 Å². The highest BCUT2D eigenvalue weighted by Gasteiger charge is 2.44. The molecular weight excluding hydrogens is 448 g/mol. The Bertz CT molecular complexity index is 1080. The summed E-state index contributed by atoms with van der Waals surface area (Å²) in [7, 11) is 0. The number of benzene rings is 2. The highest BCUT2D eigenvalue weighted by Crippen LogP contribution is 2.44. The van der Waals surface area contributed by atoms with Crippen LogP contribution in [-0.4, -0.2) is 66.9 Å². The van der Waals surface area contributed by atoms with Crippen molar-refractivity contribution in [2.45, 2.75) is 37.6 Å². The molecule has 2 N–H and O–H groups in total. The minimum absolute atomic E-state index is 0.0123. The fraction of sp³-hybridized carbons (Fsp3) is 0.444. The molecule has 5 rings (SSSR count). The van der Waals surface area contributed by atoms with Crippen LogP contribution in [0.2, 0.25) is 0 Å². The first kappa shape index (κ1) is 23.4. The third-order valence-corrected chi connectivity index (χ3v) is 7.52. The van der Waals surface area contributed by atoms with Crippen molar-refractivity contribution in [3.63, 3.8) is 0 Å². The molecule has 1 aliphatic carbocycles. The molecule has 1 spiro atoms. The molecule has 8 heteroatoms. The summed E-state index contributed by atoms with van der Waals surface area (Å²) in [4.78, 5) is 38.9. The van der Waals surface area contributed by atoms with Crippen LogP contribution in [0, 0.1) is 5.41 Å². The Kier molecular flexibility index (Phi) is 6.47. The number of likely N-dealkylation sites (tertiary alicyclic amines) is 1. The molecule has 2 amide bonds. The van der Waals surface area contributed by atoms with Crippen molar-refractivity contribution in [2.24, 2.45) is 5.41 Å². The Hall–Kier alpha value is -3.39. The lowest BCUT2D eigenvalue weighted by Gasteiger charge is -2.26. The van der Waals surface area contributed by atoms with Gasteiger partial charge in [-0.3, -0.25) is 9.59 Å². The number of hydrogen-bond donors (Lipinski definition) is 2. The molecule has 0 saturated carbocycles. The maximum Gasteiger partial charge on any atom is 0.407 e. The lowest BCUT2D eigenvalue weighted by molar-refractivity contribution is -0.138. The zero-order valence-electron chi connectivity index (χ0n) is 19.6. The summed E-state index contributed by atoms with van der Waals surface area (Å²) in [5.74, 6) is -1.37. The Balaban J connectivity index is 1.24. The van der Waals surface area contributed by atoms with E-state index in [-0.39, 0.29) is 36.7 Å². The first-order chi connectivity index (χ1) is 17.0. The molecule has 35 heavy (non-hydrogen) atoms. The Labute approximate surface area is 204 Å². The van der Waals surface area contributed by atoms with Crippen molar-refractivity contribution in [2.75, 3.05) is 32.9 Å². The van der Waals surface area contributed by atoms with E-state index in [4.69, 9.17) is 14.6 Å². The van der Waals surface area contributed by atoms with Gasteiger partial charge in [0.2, 0.25) is 5.91 Å². The lowest BCUT2D eigenvalue weighted by atomic mass is 9.87. The summed E-state index contributed by atoms with van der Waals surface area (Å²) < 4.78 is 11.1. The van der Waals surface area contributed by atoms with Gasteiger partial charge in [-0.25, -0.2) is 4.79 Å². The smallest absolute Gasteiger partial charge is 0.407 e. The molecule has 2 aromatic rings. The maximum atomic E-state index is 13.2. The van der Waals surface area contributed by atoms with Crippen LogP contribution in [-0.2, 0) is 19.1 Å². The second kappa shape index (κ2) is 9.70. The Morgan fingerprint density at radius 2 is 1.77 bits per heavy atom. The molecule has 0 aromatic heterocycles. The summed E-state index contributed by atoms with van der Waals surface area (Å²) in [6.07, 6.45) is 0.848. The number of alkyl carbamates (subject to hydrolysis) is 1. The van der Waals surface area contributed by atoms with Gasteiger partial charge in [0.1, 0.15) is 12.6 Å². The van der Waals surface area contributed by atoms with Gasteiger partial charge in [0.25, 0.3) is 0 Å². The molecular formula is C27H30N2O6. The highest BCUT2D eigenvalue weighted by molar-refractivity contribution is 5.86. The van der Waals surface area contributed by atoms with Gasteiger partial charge in [0, 0.05) is 37.5 Å². The molecule has 2 fully saturated rings. The normalized spacial score (nSPS) is 21.5. The monoisotopic (exact) mass is 478 g/mol. The predicted molar refractivity (Wildman–Crippen MR) is 128 cm³/mol. The average Bonchev–Trinajstić information content (AvgIpc) is 3.58. The highest BCUT2D eigenvalue weighted by atomic mass is 16.5. The Morgan fingerprint density at radius 1 is 1.09 bits per heavy atom. The van der Waals surface area contributed by atoms with Crippen LogP contribution < -0.4 is 5.32 Å². The summed E-state index contributed by atoms with van der Waals surface area (Å²) in [5, 5.41) is 11.8. The number of aliphatic carboxylic acids is 1. The van der Waals surface area contributed by atoms with Gasteiger partial charge in [0.05, 0.1) is 6.61 Å². The zero-order valence-corrected chi connectivity index (χ0v) is 19.6. The SMILES string of the molecule is O=C(O)CCC(NC(=O)OCC1c2ccccc2-c2ccccc21)C(=O)N1CCC2(CCOC2)C1. The summed E-state index contributed by atoms with van der Waals surface area (Å²) in [5.41, 5.74) is 4.44. The summed E-state index contributed by atoms with van der Waals surface area (Å²) in [6, 6.07) is 15.2. The number of carboxylic acid groups (broad SMARTS) is 1. The van der Waals surface area contributed by atoms with Crippen LogP contribution in [0.5, 0.6) is 0 Å². The number of fused-ring (bicyclic) bond motifs is 3. The number of nitrogens with one attached hydrogen (secondary N) is 1. The fourth-order valence-corrected chi connectivity index (χ4v) is 5.62. The van der Waals surface area contributed by atoms with Gasteiger partial charge in [-0.1, -0.05) is 48.5 Å². The van der Waals surface area contributed by atoms with E-state index >= 15 is 0 Å². The third kappa shape index (κ3) is 4.75. The number of carbonyl (C=O) groups is 3. The van der Waals surface area contributed by atoms with Gasteiger partial charge >= 0.3 is 12.1 Å². The maximum absolute atomic E-state index is 13.2. The molecule has 2 heterocycles. The van der Waals surface area contributed by atoms with E-state index in [1.165, 1.54) is 0 Å². The standard InChI is InChI=1S/C27H30N2O6/c30-24(31)10-9-23(25(32)29-13-11-27(16-29)12-14-34-17-27)28-26(33)35-15-22-20-7-3-1-5-18(20)19-6-2-4-8-21(19)22/h1-8,22-23H,9-17H2,(H,28,33)(H,30,31). The number of nitrogens with zero attached hydrogens (tertiary/aromatic N) is 1. The van der Waals surface area contributed by atoms with Crippen LogP contribution >= 0.6 is 0 Å². The molecule has 2 atom stereocenters. The number of carboxylic acids is 1. The topological polar surface area (TPSA) is 105 Å². The molecule has 2 saturated heterocycles. The largest absolute Gasteiger partial charge is 0.481 e. The second-order valence-corrected chi connectivity index (χ2v) is 9.77. The van der Waals surface area contributed by atoms with Crippen molar-refractivity contribution < 1.29 is 29.0 Å². The van der Waals surface area contributed by atoms with Crippen LogP contribution in [0.15, 0.2) is 48.5 Å². The third-order valence-electron chi connectivity index (χ3n) is 7.52. The van der Waals surface area contributed by atoms with E-state index in [9.17, 15) is 14.4 Å². The molecule has 0 bridgehead atoms. The number of rotatable bonds is 7. The molecule has 2 unspecified atom stereocenters. The first-order valence-electron chi connectivity index (χ1n) is 12.2. The molecule has 8 nitrogen and oxygen atoms in total. The molecule has 2 aromatic carbocycles. The van der Waals surface area contributed by atoms with Crippen LogP contribution in [0.3, 0.4) is 0 Å². The molecule has 3 aliphatic rings. The van der Waals surface area contributed by atoms with Gasteiger partial charge in [-0.2, -0.15) is 0 Å². The van der Waals surface area contributed by atoms with E-state index in [1.807, 2.05) is 36.4 Å². The summed E-state index contributed by atoms with van der Waals surface area (Å²) >= 11 is 0. The molecule has 0 radical (unpaired) electrons. The summed E-state index contributed by atoms with van der Waals surface area (Å²) in [6.45, 7) is 2.61. The van der Waals surface area contributed by atoms with Crippen molar-refractivity contribution in [1.82, 2.24) is 10.2 Å². The van der Waals surface area contributed by atoms with Crippen molar-refractivity contribution in [3.8, 4) is 11.1 Å². The average molecular weight is 479 g/mol. The molecule has 2 aliphatic heterocycles. The minimum atomic E-state index is -1.01. The van der Waals surface area contributed by atoms with Gasteiger partial charge in [-0.15, -0.1) is 0 Å². The van der Waals surface area contributed by atoms with E-state index in [0.717, 1.165) is 35.1 Å². The van der Waals surface area contributed by atoms with E-state index in [1.54, 1.807) is 4.90 Å². The Morgan fingerprint density at radius 3 is 2.40 bits per heavy atom. The number of amides is 2. The lowest BCUT2D eigenvalue weighted by Crippen LogP contribution is -2.49. The van der Waals surface area contributed by atoms with E-state index in [2.05, 4.69) is 17.4 Å². The first-order valence-corrected chi connectivity index (χ1v) is 12.2. The molecule has 184 valence electrons. The fourth-order valence-electron chi connectivity index (χ4n) is 5.62. The van der Waals surface area contributed by atoms with Crippen LogP contribution in [0.25, 0.3) is 11.1 Å². The van der Waals surface area contributed by atoms with Crippen molar-refractivity contribution in [1.29, 1.82) is 0 Å². The van der Waals surface area contributed by atoms with E-state index < -0.39 is 18.1 Å². The van der Waals surface area contributed by atoms with Crippen molar-refractivity contribution in [3.05, 3.63) is 59.7 Å². The predicted octanol–water partition coefficient (Wildman–Crippen LogP) is 3.40. The quantitative estimate of drug-likeness (QED) is 0.632. The van der Waals surface area contributed by atoms with E-state index in [0.29, 0.717) is 26.3 Å². The zero-order chi connectivity index (χ0) is 24.4.